The van der Waals surface area contributed by atoms with E-state index in [4.69, 9.17) is 4.74 Å². The molecule has 0 amide bonds. The lowest BCUT2D eigenvalue weighted by Crippen LogP contribution is -2.29. The molecule has 0 aromatic heterocycles. The zero-order chi connectivity index (χ0) is 12.4. The quantitative estimate of drug-likeness (QED) is 0.423. The summed E-state index contributed by atoms with van der Waals surface area (Å²) in [6, 6.07) is 0. The second-order valence-corrected chi connectivity index (χ2v) is 6.73. The maximum atomic E-state index is 11.7. The Bertz CT molecular complexity index is 462. The average molecular weight is 244 g/mol. The van der Waals surface area contributed by atoms with Crippen LogP contribution in [0.5, 0.6) is 0 Å². The van der Waals surface area contributed by atoms with Gasteiger partial charge in [-0.05, 0) is 68.3 Å². The lowest BCUT2D eigenvalue weighted by atomic mass is 9.73. The molecule has 18 heavy (non-hydrogen) atoms. The van der Waals surface area contributed by atoms with Gasteiger partial charge in [0.15, 0.2) is 0 Å². The highest BCUT2D eigenvalue weighted by atomic mass is 16.5. The monoisotopic (exact) mass is 244 g/mol. The molecule has 2 nitrogen and oxygen atoms in total. The lowest BCUT2D eigenvalue weighted by molar-refractivity contribution is -0.136. The van der Waals surface area contributed by atoms with Gasteiger partial charge in [0.05, 0.1) is 0 Å². The van der Waals surface area contributed by atoms with Crippen molar-refractivity contribution in [2.24, 2.45) is 35.5 Å². The number of fused-ring (bicyclic) bond motifs is 9. The van der Waals surface area contributed by atoms with E-state index in [0.717, 1.165) is 29.4 Å². The van der Waals surface area contributed by atoms with E-state index in [1.807, 2.05) is 0 Å². The van der Waals surface area contributed by atoms with E-state index in [-0.39, 0.29) is 5.97 Å². The van der Waals surface area contributed by atoms with Crippen LogP contribution in [0.2, 0.25) is 0 Å². The van der Waals surface area contributed by atoms with Gasteiger partial charge >= 0.3 is 5.97 Å². The van der Waals surface area contributed by atoms with Gasteiger partial charge in [0.25, 0.3) is 0 Å². The molecule has 3 fully saturated rings. The van der Waals surface area contributed by atoms with E-state index in [2.05, 4.69) is 12.7 Å². The molecule has 0 heterocycles. The van der Waals surface area contributed by atoms with Crippen LogP contribution in [-0.2, 0) is 9.53 Å². The number of carbonyl (C=O) groups is 1. The Kier molecular flexibility index (Phi) is 2.10. The van der Waals surface area contributed by atoms with Gasteiger partial charge in [-0.25, -0.2) is 4.79 Å². The molecule has 6 atom stereocenters. The smallest absolute Gasteiger partial charge is 0.338 e. The average Bonchev–Trinajstić information content (AvgIpc) is 3.06. The molecule has 0 saturated heterocycles. The first-order chi connectivity index (χ1) is 8.65. The second-order valence-electron chi connectivity index (χ2n) is 6.73. The van der Waals surface area contributed by atoms with Crippen LogP contribution < -0.4 is 0 Å². The molecule has 96 valence electrons. The summed E-state index contributed by atoms with van der Waals surface area (Å²) in [5.74, 6) is 5.61. The summed E-state index contributed by atoms with van der Waals surface area (Å²) < 4.78 is 5.55. The minimum atomic E-state index is -0.242. The van der Waals surface area contributed by atoms with Crippen LogP contribution in [0.3, 0.4) is 0 Å². The van der Waals surface area contributed by atoms with E-state index in [9.17, 15) is 4.79 Å². The second kappa shape index (κ2) is 3.49. The van der Waals surface area contributed by atoms with Crippen LogP contribution in [0.25, 0.3) is 0 Å². The number of hydrogen-bond acceptors (Lipinski definition) is 2. The minimum Gasteiger partial charge on any atom is -0.428 e. The summed E-state index contributed by atoms with van der Waals surface area (Å²) >= 11 is 0. The summed E-state index contributed by atoms with van der Waals surface area (Å²) in [5.41, 5.74) is 0.503. The first kappa shape index (κ1) is 10.8. The Morgan fingerprint density at radius 3 is 2.72 bits per heavy atom. The van der Waals surface area contributed by atoms with Gasteiger partial charge in [-0.3, -0.25) is 0 Å². The predicted octanol–water partition coefficient (Wildman–Crippen LogP) is 3.30. The van der Waals surface area contributed by atoms with Gasteiger partial charge in [0.1, 0.15) is 5.76 Å². The molecule has 4 bridgehead atoms. The van der Waals surface area contributed by atoms with Crippen LogP contribution >= 0.6 is 0 Å². The highest BCUT2D eigenvalue weighted by molar-refractivity contribution is 5.87. The Morgan fingerprint density at radius 1 is 1.28 bits per heavy atom. The van der Waals surface area contributed by atoms with Gasteiger partial charge in [0, 0.05) is 11.5 Å². The maximum absolute atomic E-state index is 11.7. The van der Waals surface area contributed by atoms with Crippen LogP contribution in [0.1, 0.15) is 32.6 Å². The standard InChI is InChI=1S/C16H20O2/c1-8(2)16(17)18-13-7-11-6-12(13)15-10-4-3-9(5-10)14(11)15/h7,9-12,14-15H,1,3-6H2,2H3. The van der Waals surface area contributed by atoms with Crippen molar-refractivity contribution in [3.05, 3.63) is 24.0 Å². The fraction of sp³-hybridized carbons (Fsp3) is 0.688. The fourth-order valence-corrected chi connectivity index (χ4v) is 5.34. The number of carbonyl (C=O) groups excluding carboxylic acids is 1. The van der Waals surface area contributed by atoms with Crippen molar-refractivity contribution >= 4 is 5.97 Å². The van der Waals surface area contributed by atoms with Gasteiger partial charge in [-0.2, -0.15) is 0 Å². The number of allylic oxidation sites excluding steroid dienone is 2. The molecule has 0 N–H and O–H groups in total. The molecule has 2 heteroatoms. The Labute approximate surface area is 108 Å². The topological polar surface area (TPSA) is 26.3 Å². The molecule has 0 spiro atoms. The number of hydrogen-bond donors (Lipinski definition) is 0. The minimum absolute atomic E-state index is 0.242. The molecular weight excluding hydrogens is 224 g/mol. The number of rotatable bonds is 2. The highest BCUT2D eigenvalue weighted by Crippen LogP contribution is 2.67. The zero-order valence-electron chi connectivity index (χ0n) is 10.9. The van der Waals surface area contributed by atoms with Crippen molar-refractivity contribution in [2.45, 2.75) is 32.6 Å². The van der Waals surface area contributed by atoms with Crippen molar-refractivity contribution < 1.29 is 9.53 Å². The largest absolute Gasteiger partial charge is 0.428 e. The Morgan fingerprint density at radius 2 is 2.00 bits per heavy atom. The van der Waals surface area contributed by atoms with E-state index < -0.39 is 0 Å². The third-order valence-corrected chi connectivity index (χ3v) is 5.83. The van der Waals surface area contributed by atoms with Crippen LogP contribution in [-0.4, -0.2) is 5.97 Å². The lowest BCUT2D eigenvalue weighted by Gasteiger charge is -2.33. The van der Waals surface area contributed by atoms with Crippen molar-refractivity contribution in [1.82, 2.24) is 0 Å². The molecule has 3 saturated carbocycles. The van der Waals surface area contributed by atoms with E-state index in [1.165, 1.54) is 25.7 Å². The first-order valence-electron chi connectivity index (χ1n) is 7.24. The fourth-order valence-electron chi connectivity index (χ4n) is 5.34. The van der Waals surface area contributed by atoms with E-state index >= 15 is 0 Å². The van der Waals surface area contributed by atoms with Gasteiger partial charge in [-0.1, -0.05) is 6.58 Å². The first-order valence-corrected chi connectivity index (χ1v) is 7.24. The summed E-state index contributed by atoms with van der Waals surface area (Å²) in [6.45, 7) is 5.38. The summed E-state index contributed by atoms with van der Waals surface area (Å²) in [5, 5.41) is 0. The molecule has 4 rings (SSSR count). The molecule has 0 radical (unpaired) electrons. The molecule has 0 aliphatic heterocycles. The van der Waals surface area contributed by atoms with Crippen molar-refractivity contribution in [1.29, 1.82) is 0 Å². The Hall–Kier alpha value is -1.05. The normalized spacial score (nSPS) is 47.1. The molecule has 0 aromatic rings. The third kappa shape index (κ3) is 1.27. The SMILES string of the molecule is C=C(C)C(=O)OC1=CC2CC1C1C3CCC(C3)C21. The van der Waals surface area contributed by atoms with E-state index in [1.54, 1.807) is 6.92 Å². The molecule has 6 unspecified atom stereocenters. The number of ether oxygens (including phenoxy) is 1. The van der Waals surface area contributed by atoms with Gasteiger partial charge in [0.2, 0.25) is 0 Å². The molecule has 4 aliphatic carbocycles. The summed E-state index contributed by atoms with van der Waals surface area (Å²) in [7, 11) is 0. The zero-order valence-corrected chi connectivity index (χ0v) is 10.9. The molecule has 4 aliphatic rings. The summed E-state index contributed by atoms with van der Waals surface area (Å²) in [6.07, 6.45) is 7.80. The summed E-state index contributed by atoms with van der Waals surface area (Å²) in [4.78, 5) is 11.7. The van der Waals surface area contributed by atoms with Crippen LogP contribution in [0.4, 0.5) is 0 Å². The van der Waals surface area contributed by atoms with Crippen LogP contribution in [0, 0.1) is 35.5 Å². The Balaban J connectivity index is 1.58. The third-order valence-electron chi connectivity index (χ3n) is 5.83. The van der Waals surface area contributed by atoms with Crippen LogP contribution in [0.15, 0.2) is 24.0 Å². The predicted molar refractivity (Wildman–Crippen MR) is 68.4 cm³/mol. The number of esters is 1. The van der Waals surface area contributed by atoms with Crippen molar-refractivity contribution in [3.8, 4) is 0 Å². The molecule has 0 aromatic carbocycles. The highest BCUT2D eigenvalue weighted by Gasteiger charge is 2.60. The maximum Gasteiger partial charge on any atom is 0.338 e. The van der Waals surface area contributed by atoms with Gasteiger partial charge < -0.3 is 4.74 Å². The molecular formula is C16H20O2. The van der Waals surface area contributed by atoms with Gasteiger partial charge in [-0.15, -0.1) is 0 Å². The van der Waals surface area contributed by atoms with E-state index in [0.29, 0.717) is 17.4 Å². The van der Waals surface area contributed by atoms with Crippen molar-refractivity contribution in [2.75, 3.05) is 0 Å². The van der Waals surface area contributed by atoms with Crippen molar-refractivity contribution in [3.63, 3.8) is 0 Å².